The fourth-order valence-electron chi connectivity index (χ4n) is 3.34. The molecule has 0 saturated carbocycles. The molecule has 0 radical (unpaired) electrons. The molecule has 7 nitrogen and oxygen atoms in total. The minimum Gasteiger partial charge on any atom is -0.496 e. The van der Waals surface area contributed by atoms with Crippen LogP contribution in [0.25, 0.3) is 22.0 Å². The number of fused-ring (bicyclic) bond motifs is 1. The van der Waals surface area contributed by atoms with Crippen LogP contribution in [0, 0.1) is 13.8 Å². The summed E-state index contributed by atoms with van der Waals surface area (Å²) < 4.78 is 12.6. The van der Waals surface area contributed by atoms with Crippen molar-refractivity contribution < 1.29 is 9.26 Å². The lowest BCUT2D eigenvalue weighted by atomic mass is 9.99. The fraction of sp³-hybridized carbons (Fsp3) is 0.200. The van der Waals surface area contributed by atoms with Gasteiger partial charge in [0.1, 0.15) is 17.3 Å². The Bertz CT molecular complexity index is 1160. The number of aromatic nitrogens is 4. The van der Waals surface area contributed by atoms with Gasteiger partial charge in [-0.05, 0) is 43.5 Å². The van der Waals surface area contributed by atoms with Gasteiger partial charge in [-0.3, -0.25) is 9.36 Å². The maximum atomic E-state index is 12.8. The monoisotopic (exact) mass is 362 g/mol. The number of methoxy groups -OCH3 is 1. The summed E-state index contributed by atoms with van der Waals surface area (Å²) in [5.74, 6) is 1.86. The van der Waals surface area contributed by atoms with E-state index >= 15 is 0 Å². The van der Waals surface area contributed by atoms with E-state index in [1.807, 2.05) is 26.0 Å². The Morgan fingerprint density at radius 3 is 2.48 bits per heavy atom. The summed E-state index contributed by atoms with van der Waals surface area (Å²) in [7, 11) is 1.61. The summed E-state index contributed by atoms with van der Waals surface area (Å²) in [5, 5.41) is 4.97. The van der Waals surface area contributed by atoms with Crippen molar-refractivity contribution in [1.29, 1.82) is 0 Å². The number of ether oxygens (including phenoxy) is 1. The number of hydrogen-bond donors (Lipinski definition) is 0. The van der Waals surface area contributed by atoms with Gasteiger partial charge in [-0.15, -0.1) is 0 Å². The van der Waals surface area contributed by atoms with Crippen molar-refractivity contribution in [1.82, 2.24) is 19.7 Å². The molecule has 0 N–H and O–H groups in total. The minimum absolute atomic E-state index is 0.142. The molecule has 4 aromatic rings. The van der Waals surface area contributed by atoms with Crippen molar-refractivity contribution in [2.75, 3.05) is 7.11 Å². The highest BCUT2D eigenvalue weighted by molar-refractivity contribution is 5.98. The van der Waals surface area contributed by atoms with Gasteiger partial charge < -0.3 is 9.26 Å². The SMILES string of the molecule is COc1ccc2ccc(=O)n(Cc3ncccn3)c2c1-c1c(C)noc1C. The van der Waals surface area contributed by atoms with Crippen molar-refractivity contribution in [3.05, 3.63) is 70.4 Å². The van der Waals surface area contributed by atoms with Gasteiger partial charge in [0.2, 0.25) is 0 Å². The van der Waals surface area contributed by atoms with E-state index in [1.165, 1.54) is 0 Å². The van der Waals surface area contributed by atoms with Gasteiger partial charge in [-0.25, -0.2) is 9.97 Å². The van der Waals surface area contributed by atoms with Crippen molar-refractivity contribution in [2.24, 2.45) is 0 Å². The van der Waals surface area contributed by atoms with Crippen LogP contribution in [0.2, 0.25) is 0 Å². The first kappa shape index (κ1) is 17.0. The lowest BCUT2D eigenvalue weighted by Gasteiger charge is -2.16. The second kappa shape index (κ2) is 6.68. The van der Waals surface area contributed by atoms with Gasteiger partial charge in [0.15, 0.2) is 0 Å². The molecule has 27 heavy (non-hydrogen) atoms. The fourth-order valence-corrected chi connectivity index (χ4v) is 3.34. The molecule has 0 amide bonds. The van der Waals surface area contributed by atoms with Crippen LogP contribution in [-0.2, 0) is 6.54 Å². The predicted molar refractivity (Wildman–Crippen MR) is 101 cm³/mol. The van der Waals surface area contributed by atoms with E-state index in [4.69, 9.17) is 9.26 Å². The number of benzene rings is 1. The summed E-state index contributed by atoms with van der Waals surface area (Å²) >= 11 is 0. The molecule has 136 valence electrons. The van der Waals surface area contributed by atoms with Crippen LogP contribution in [-0.4, -0.2) is 26.8 Å². The summed E-state index contributed by atoms with van der Waals surface area (Å²) in [6.45, 7) is 3.97. The molecule has 7 heteroatoms. The molecule has 0 spiro atoms. The van der Waals surface area contributed by atoms with Crippen molar-refractivity contribution in [2.45, 2.75) is 20.4 Å². The number of nitrogens with zero attached hydrogens (tertiary/aromatic N) is 4. The third-order valence-electron chi connectivity index (χ3n) is 4.53. The molecule has 0 fully saturated rings. The van der Waals surface area contributed by atoms with Gasteiger partial charge >= 0.3 is 0 Å². The average Bonchev–Trinajstić information content (AvgIpc) is 3.02. The normalized spacial score (nSPS) is 11.1. The Labute approximate surface area is 155 Å². The van der Waals surface area contributed by atoms with E-state index < -0.39 is 0 Å². The second-order valence-corrected chi connectivity index (χ2v) is 6.20. The van der Waals surface area contributed by atoms with Crippen LogP contribution in [0.1, 0.15) is 17.3 Å². The van der Waals surface area contributed by atoms with Crippen molar-refractivity contribution >= 4 is 10.9 Å². The first-order valence-corrected chi connectivity index (χ1v) is 8.50. The Morgan fingerprint density at radius 1 is 1.07 bits per heavy atom. The van der Waals surface area contributed by atoms with Crippen molar-refractivity contribution in [3.63, 3.8) is 0 Å². The summed E-state index contributed by atoms with van der Waals surface area (Å²) in [5.41, 5.74) is 2.93. The lowest BCUT2D eigenvalue weighted by Crippen LogP contribution is -2.21. The Morgan fingerprint density at radius 2 is 1.81 bits per heavy atom. The van der Waals surface area contributed by atoms with Gasteiger partial charge in [-0.1, -0.05) is 5.16 Å². The molecular formula is C20H18N4O3. The quantitative estimate of drug-likeness (QED) is 0.555. The predicted octanol–water partition coefficient (Wildman–Crippen LogP) is 3.12. The van der Waals surface area contributed by atoms with E-state index in [-0.39, 0.29) is 12.1 Å². The minimum atomic E-state index is -0.142. The Balaban J connectivity index is 2.09. The summed E-state index contributed by atoms with van der Waals surface area (Å²) in [4.78, 5) is 21.3. The summed E-state index contributed by atoms with van der Waals surface area (Å²) in [6, 6.07) is 8.92. The second-order valence-electron chi connectivity index (χ2n) is 6.20. The van der Waals surface area contributed by atoms with Crippen LogP contribution in [0.3, 0.4) is 0 Å². The van der Waals surface area contributed by atoms with Crippen LogP contribution in [0.15, 0.2) is 52.0 Å². The van der Waals surface area contributed by atoms with E-state index in [1.54, 1.807) is 42.3 Å². The molecule has 0 aliphatic carbocycles. The average molecular weight is 362 g/mol. The van der Waals surface area contributed by atoms with Crippen LogP contribution >= 0.6 is 0 Å². The number of hydrogen-bond acceptors (Lipinski definition) is 6. The smallest absolute Gasteiger partial charge is 0.251 e. The molecule has 3 aromatic heterocycles. The molecule has 0 atom stereocenters. The van der Waals surface area contributed by atoms with E-state index in [9.17, 15) is 4.79 Å². The largest absolute Gasteiger partial charge is 0.496 e. The first-order valence-electron chi connectivity index (χ1n) is 8.50. The third-order valence-corrected chi connectivity index (χ3v) is 4.53. The lowest BCUT2D eigenvalue weighted by molar-refractivity contribution is 0.393. The van der Waals surface area contributed by atoms with Crippen molar-refractivity contribution in [3.8, 4) is 16.9 Å². The highest BCUT2D eigenvalue weighted by atomic mass is 16.5. The summed E-state index contributed by atoms with van der Waals surface area (Å²) in [6.07, 6.45) is 3.32. The zero-order valence-electron chi connectivity index (χ0n) is 15.3. The van der Waals surface area contributed by atoms with Crippen LogP contribution < -0.4 is 10.3 Å². The maximum Gasteiger partial charge on any atom is 0.251 e. The molecule has 0 aliphatic heterocycles. The molecule has 0 unspecified atom stereocenters. The number of pyridine rings is 1. The van der Waals surface area contributed by atoms with E-state index in [2.05, 4.69) is 15.1 Å². The molecular weight excluding hydrogens is 344 g/mol. The first-order chi connectivity index (χ1) is 13.1. The van der Waals surface area contributed by atoms with Gasteiger partial charge in [0.05, 0.1) is 36.0 Å². The Kier molecular flexibility index (Phi) is 4.19. The molecule has 0 bridgehead atoms. The van der Waals surface area contributed by atoms with Crippen LogP contribution in [0.5, 0.6) is 5.75 Å². The van der Waals surface area contributed by atoms with Gasteiger partial charge in [0, 0.05) is 18.5 Å². The van der Waals surface area contributed by atoms with Gasteiger partial charge in [-0.2, -0.15) is 0 Å². The van der Waals surface area contributed by atoms with E-state index in [0.29, 0.717) is 17.3 Å². The maximum absolute atomic E-state index is 12.8. The number of aryl methyl sites for hydroxylation is 2. The number of rotatable bonds is 4. The van der Waals surface area contributed by atoms with E-state index in [0.717, 1.165) is 27.7 Å². The molecule has 0 aliphatic rings. The standard InChI is InChI=1S/C20H18N4O3/c1-12-18(13(2)27-23-12)19-15(26-3)7-5-14-6-8-17(25)24(20(14)19)11-16-21-9-4-10-22-16/h4-10H,11H2,1-3H3. The van der Waals surface area contributed by atoms with Gasteiger partial charge in [0.25, 0.3) is 5.56 Å². The molecule has 1 aromatic carbocycles. The Hall–Kier alpha value is -3.48. The topological polar surface area (TPSA) is 83.0 Å². The zero-order chi connectivity index (χ0) is 19.0. The van der Waals surface area contributed by atoms with Crippen LogP contribution in [0.4, 0.5) is 0 Å². The highest BCUT2D eigenvalue weighted by Crippen LogP contribution is 2.39. The third kappa shape index (κ3) is 2.87. The zero-order valence-corrected chi connectivity index (χ0v) is 15.3. The highest BCUT2D eigenvalue weighted by Gasteiger charge is 2.21. The molecule has 4 rings (SSSR count). The molecule has 0 saturated heterocycles. The molecule has 3 heterocycles.